The topological polar surface area (TPSA) is 67.1 Å². The maximum Gasteiger partial charge on any atom is 0.145 e. The number of aryl methyl sites for hydroxylation is 1. The normalized spacial score (nSPS) is 16.8. The van der Waals surface area contributed by atoms with Crippen LogP contribution in [0.2, 0.25) is 0 Å². The van der Waals surface area contributed by atoms with Crippen LogP contribution in [0.1, 0.15) is 50.5 Å². The van der Waals surface area contributed by atoms with E-state index in [2.05, 4.69) is 27.2 Å². The summed E-state index contributed by atoms with van der Waals surface area (Å²) >= 11 is 0. The van der Waals surface area contributed by atoms with E-state index in [4.69, 9.17) is 5.84 Å². The molecular formula is C14H25N5. The quantitative estimate of drug-likeness (QED) is 0.630. The number of anilines is 1. The Hall–Kier alpha value is -1.20. The smallest absolute Gasteiger partial charge is 0.145 e. The van der Waals surface area contributed by atoms with Gasteiger partial charge in [0.2, 0.25) is 0 Å². The Morgan fingerprint density at radius 2 is 2.05 bits per heavy atom. The molecule has 0 radical (unpaired) electrons. The van der Waals surface area contributed by atoms with Crippen molar-refractivity contribution in [2.45, 2.75) is 58.5 Å². The van der Waals surface area contributed by atoms with E-state index in [0.29, 0.717) is 11.9 Å². The van der Waals surface area contributed by atoms with Gasteiger partial charge in [0.1, 0.15) is 11.6 Å². The molecule has 5 heteroatoms. The molecule has 3 N–H and O–H groups in total. The van der Waals surface area contributed by atoms with Crippen molar-refractivity contribution in [1.29, 1.82) is 0 Å². The Morgan fingerprint density at radius 3 is 2.68 bits per heavy atom. The first kappa shape index (κ1) is 14.2. The molecule has 0 saturated heterocycles. The largest absolute Gasteiger partial charge is 0.308 e. The Morgan fingerprint density at radius 1 is 1.32 bits per heavy atom. The predicted molar refractivity (Wildman–Crippen MR) is 77.5 cm³/mol. The number of rotatable bonds is 5. The maximum atomic E-state index is 5.44. The Kier molecular flexibility index (Phi) is 5.10. The third-order valence-electron chi connectivity index (χ3n) is 3.89. The first-order chi connectivity index (χ1) is 9.22. The van der Waals surface area contributed by atoms with Gasteiger partial charge in [-0.15, -0.1) is 0 Å². The Labute approximate surface area is 115 Å². The zero-order chi connectivity index (χ0) is 13.7. The van der Waals surface area contributed by atoms with Gasteiger partial charge in [-0.25, -0.2) is 15.8 Å². The van der Waals surface area contributed by atoms with Gasteiger partial charge in [0.15, 0.2) is 0 Å². The number of nitrogen functional groups attached to an aromatic ring is 1. The van der Waals surface area contributed by atoms with Gasteiger partial charge in [0.05, 0.1) is 6.54 Å². The van der Waals surface area contributed by atoms with Crippen LogP contribution in [0.5, 0.6) is 0 Å². The molecule has 1 fully saturated rings. The molecule has 19 heavy (non-hydrogen) atoms. The summed E-state index contributed by atoms with van der Waals surface area (Å²) in [4.78, 5) is 11.5. The molecule has 106 valence electrons. The van der Waals surface area contributed by atoms with Crippen LogP contribution in [-0.4, -0.2) is 27.5 Å². The van der Waals surface area contributed by atoms with E-state index in [-0.39, 0.29) is 0 Å². The number of nitrogens with one attached hydrogen (secondary N) is 1. The third kappa shape index (κ3) is 3.88. The van der Waals surface area contributed by atoms with Crippen LogP contribution in [0.3, 0.4) is 0 Å². The van der Waals surface area contributed by atoms with Gasteiger partial charge >= 0.3 is 0 Å². The van der Waals surface area contributed by atoms with Crippen molar-refractivity contribution < 1.29 is 0 Å². The molecule has 0 spiro atoms. The summed E-state index contributed by atoms with van der Waals surface area (Å²) in [5.74, 6) is 7.00. The van der Waals surface area contributed by atoms with E-state index in [1.165, 1.54) is 32.1 Å². The summed E-state index contributed by atoms with van der Waals surface area (Å²) < 4.78 is 0. The minimum atomic E-state index is 0.692. The van der Waals surface area contributed by atoms with Crippen LogP contribution in [0.25, 0.3) is 0 Å². The summed E-state index contributed by atoms with van der Waals surface area (Å²) in [6.45, 7) is 6.06. The van der Waals surface area contributed by atoms with Gasteiger partial charge < -0.3 is 5.43 Å². The van der Waals surface area contributed by atoms with Crippen molar-refractivity contribution in [2.24, 2.45) is 5.84 Å². The molecule has 0 atom stereocenters. The molecule has 0 bridgehead atoms. The standard InChI is InChI=1S/C14H25N5/c1-3-19(12-7-5-4-6-8-12)10-14-16-11(2)9-13(17-14)18-15/h9,12H,3-8,10,15H2,1-2H3,(H,16,17,18). The lowest BCUT2D eigenvalue weighted by molar-refractivity contribution is 0.152. The SMILES string of the molecule is CCN(Cc1nc(C)cc(NN)n1)C1CCCCC1. The zero-order valence-corrected chi connectivity index (χ0v) is 12.0. The summed E-state index contributed by atoms with van der Waals surface area (Å²) in [6, 6.07) is 2.55. The zero-order valence-electron chi connectivity index (χ0n) is 12.0. The second-order valence-electron chi connectivity index (χ2n) is 5.31. The molecule has 1 heterocycles. The fourth-order valence-corrected chi connectivity index (χ4v) is 2.90. The average molecular weight is 263 g/mol. The van der Waals surface area contributed by atoms with Crippen LogP contribution in [0.4, 0.5) is 5.82 Å². The van der Waals surface area contributed by atoms with Gasteiger partial charge in [-0.1, -0.05) is 26.2 Å². The first-order valence-corrected chi connectivity index (χ1v) is 7.28. The van der Waals surface area contributed by atoms with E-state index in [1.807, 2.05) is 13.0 Å². The lowest BCUT2D eigenvalue weighted by atomic mass is 9.94. The summed E-state index contributed by atoms with van der Waals surface area (Å²) in [5, 5.41) is 0. The number of aromatic nitrogens is 2. The van der Waals surface area contributed by atoms with E-state index < -0.39 is 0 Å². The van der Waals surface area contributed by atoms with Crippen molar-refractivity contribution in [3.8, 4) is 0 Å². The van der Waals surface area contributed by atoms with E-state index in [1.54, 1.807) is 0 Å². The van der Waals surface area contributed by atoms with Gasteiger partial charge in [0.25, 0.3) is 0 Å². The van der Waals surface area contributed by atoms with Crippen LogP contribution >= 0.6 is 0 Å². The molecule has 1 aromatic heterocycles. The molecule has 0 aromatic carbocycles. The number of hydrazine groups is 1. The highest BCUT2D eigenvalue weighted by atomic mass is 15.3. The number of hydrogen-bond acceptors (Lipinski definition) is 5. The molecule has 1 aromatic rings. The molecule has 2 rings (SSSR count). The monoisotopic (exact) mass is 263 g/mol. The highest BCUT2D eigenvalue weighted by molar-refractivity contribution is 5.33. The fraction of sp³-hybridized carbons (Fsp3) is 0.714. The predicted octanol–water partition coefficient (Wildman–Crippen LogP) is 2.23. The first-order valence-electron chi connectivity index (χ1n) is 7.28. The van der Waals surface area contributed by atoms with E-state index >= 15 is 0 Å². The molecule has 1 aliphatic carbocycles. The lowest BCUT2D eigenvalue weighted by Crippen LogP contribution is -2.36. The van der Waals surface area contributed by atoms with Gasteiger partial charge in [-0.05, 0) is 26.3 Å². The van der Waals surface area contributed by atoms with Gasteiger partial charge in [-0.3, -0.25) is 4.90 Å². The highest BCUT2D eigenvalue weighted by Crippen LogP contribution is 2.23. The van der Waals surface area contributed by atoms with Crippen LogP contribution in [-0.2, 0) is 6.54 Å². The van der Waals surface area contributed by atoms with Crippen molar-refractivity contribution >= 4 is 5.82 Å². The minimum absolute atomic E-state index is 0.692. The molecule has 0 aliphatic heterocycles. The molecule has 1 saturated carbocycles. The Balaban J connectivity index is 2.06. The van der Waals surface area contributed by atoms with Crippen molar-refractivity contribution in [3.63, 3.8) is 0 Å². The molecule has 0 unspecified atom stereocenters. The molecular weight excluding hydrogens is 238 g/mol. The number of nitrogens with two attached hydrogens (primary N) is 1. The third-order valence-corrected chi connectivity index (χ3v) is 3.89. The van der Waals surface area contributed by atoms with E-state index in [9.17, 15) is 0 Å². The Bertz CT molecular complexity index is 401. The maximum absolute atomic E-state index is 5.44. The van der Waals surface area contributed by atoms with Crippen LogP contribution < -0.4 is 11.3 Å². The van der Waals surface area contributed by atoms with Crippen LogP contribution in [0.15, 0.2) is 6.07 Å². The van der Waals surface area contributed by atoms with E-state index in [0.717, 1.165) is 24.6 Å². The summed E-state index contributed by atoms with van der Waals surface area (Å²) in [6.07, 6.45) is 6.70. The number of hydrogen-bond donors (Lipinski definition) is 2. The summed E-state index contributed by atoms with van der Waals surface area (Å²) in [5.41, 5.74) is 3.57. The minimum Gasteiger partial charge on any atom is -0.308 e. The lowest BCUT2D eigenvalue weighted by Gasteiger charge is -2.33. The molecule has 0 amide bonds. The van der Waals surface area contributed by atoms with Crippen molar-refractivity contribution in [1.82, 2.24) is 14.9 Å². The van der Waals surface area contributed by atoms with Crippen molar-refractivity contribution in [2.75, 3.05) is 12.0 Å². The molecule has 5 nitrogen and oxygen atoms in total. The average Bonchev–Trinajstić information content (AvgIpc) is 2.45. The van der Waals surface area contributed by atoms with Gasteiger partial charge in [-0.2, -0.15) is 0 Å². The summed E-state index contributed by atoms with van der Waals surface area (Å²) in [7, 11) is 0. The molecule has 1 aliphatic rings. The van der Waals surface area contributed by atoms with Crippen LogP contribution in [0, 0.1) is 6.92 Å². The second kappa shape index (κ2) is 6.82. The second-order valence-corrected chi connectivity index (χ2v) is 5.31. The van der Waals surface area contributed by atoms with Gasteiger partial charge in [0, 0.05) is 17.8 Å². The number of nitrogens with zero attached hydrogens (tertiary/aromatic N) is 3. The highest BCUT2D eigenvalue weighted by Gasteiger charge is 2.20. The van der Waals surface area contributed by atoms with Crippen molar-refractivity contribution in [3.05, 3.63) is 17.6 Å². The fourth-order valence-electron chi connectivity index (χ4n) is 2.90.